The number of aromatic nitrogens is 2. The molecule has 0 aliphatic carbocycles. The highest BCUT2D eigenvalue weighted by Gasteiger charge is 2.19. The van der Waals surface area contributed by atoms with E-state index in [0.29, 0.717) is 6.10 Å². The average Bonchev–Trinajstić information content (AvgIpc) is 3.19. The first kappa shape index (κ1) is 18.1. The van der Waals surface area contributed by atoms with Gasteiger partial charge in [0.1, 0.15) is 5.82 Å². The maximum absolute atomic E-state index is 13.1. The predicted molar refractivity (Wildman–Crippen MR) is 97.0 cm³/mol. The molecular weight excluding hydrogens is 317 g/mol. The fraction of sp³-hybridized carbons (Fsp3) is 0.550. The van der Waals surface area contributed by atoms with Crippen molar-refractivity contribution in [2.45, 2.75) is 52.3 Å². The fourth-order valence-corrected chi connectivity index (χ4v) is 3.50. The molecule has 2 heterocycles. The highest BCUT2D eigenvalue weighted by Crippen LogP contribution is 2.16. The van der Waals surface area contributed by atoms with E-state index in [9.17, 15) is 4.39 Å². The highest BCUT2D eigenvalue weighted by atomic mass is 19.1. The molecule has 0 saturated carbocycles. The van der Waals surface area contributed by atoms with E-state index < -0.39 is 0 Å². The molecule has 1 unspecified atom stereocenters. The molecule has 0 amide bonds. The molecule has 0 spiro atoms. The minimum absolute atomic E-state index is 0.182. The molecule has 1 saturated heterocycles. The van der Waals surface area contributed by atoms with E-state index in [1.165, 1.54) is 17.8 Å². The maximum atomic E-state index is 13.1. The Morgan fingerprint density at radius 3 is 2.72 bits per heavy atom. The molecule has 3 rings (SSSR count). The van der Waals surface area contributed by atoms with Gasteiger partial charge in [-0.1, -0.05) is 12.1 Å². The second kappa shape index (κ2) is 8.59. The molecule has 1 aromatic heterocycles. The van der Waals surface area contributed by atoms with Gasteiger partial charge in [0.2, 0.25) is 0 Å². The summed E-state index contributed by atoms with van der Waals surface area (Å²) in [5.41, 5.74) is 3.42. The zero-order chi connectivity index (χ0) is 17.6. The van der Waals surface area contributed by atoms with Crippen LogP contribution in [0.1, 0.15) is 36.2 Å². The average molecular weight is 345 g/mol. The number of ether oxygens (including phenoxy) is 1. The topological polar surface area (TPSA) is 30.3 Å². The molecule has 136 valence electrons. The minimum Gasteiger partial charge on any atom is -0.377 e. The van der Waals surface area contributed by atoms with Gasteiger partial charge in [-0.15, -0.1) is 0 Å². The first-order valence-corrected chi connectivity index (χ1v) is 9.19. The van der Waals surface area contributed by atoms with E-state index in [4.69, 9.17) is 4.74 Å². The van der Waals surface area contributed by atoms with Crippen LogP contribution in [0.2, 0.25) is 0 Å². The molecule has 0 radical (unpaired) electrons. The van der Waals surface area contributed by atoms with Gasteiger partial charge in [-0.2, -0.15) is 5.10 Å². The van der Waals surface area contributed by atoms with Gasteiger partial charge in [-0.25, -0.2) is 4.39 Å². The lowest BCUT2D eigenvalue weighted by Crippen LogP contribution is -2.33. The first-order valence-electron chi connectivity index (χ1n) is 9.19. The second-order valence-corrected chi connectivity index (χ2v) is 7.00. The van der Waals surface area contributed by atoms with E-state index in [-0.39, 0.29) is 5.82 Å². The van der Waals surface area contributed by atoms with Crippen molar-refractivity contribution in [1.29, 1.82) is 0 Å². The molecule has 0 N–H and O–H groups in total. The van der Waals surface area contributed by atoms with Crippen molar-refractivity contribution in [3.8, 4) is 0 Å². The van der Waals surface area contributed by atoms with Crippen LogP contribution in [-0.4, -0.2) is 40.5 Å². The molecule has 1 aliphatic rings. The summed E-state index contributed by atoms with van der Waals surface area (Å²) in [5.74, 6) is -0.182. The summed E-state index contributed by atoms with van der Waals surface area (Å²) in [5, 5.41) is 4.54. The monoisotopic (exact) mass is 345 g/mol. The Labute approximate surface area is 149 Å². The third-order valence-electron chi connectivity index (χ3n) is 4.75. The Morgan fingerprint density at radius 2 is 2.08 bits per heavy atom. The third kappa shape index (κ3) is 5.38. The molecule has 1 aromatic carbocycles. The summed E-state index contributed by atoms with van der Waals surface area (Å²) in [6.45, 7) is 8.68. The summed E-state index contributed by atoms with van der Waals surface area (Å²) < 4.78 is 21.0. The summed E-state index contributed by atoms with van der Waals surface area (Å²) in [4.78, 5) is 2.43. The second-order valence-electron chi connectivity index (χ2n) is 7.00. The van der Waals surface area contributed by atoms with Crippen LogP contribution in [0.3, 0.4) is 0 Å². The molecule has 25 heavy (non-hydrogen) atoms. The normalized spacial score (nSPS) is 17.5. The van der Waals surface area contributed by atoms with E-state index >= 15 is 0 Å². The van der Waals surface area contributed by atoms with Crippen molar-refractivity contribution < 1.29 is 9.13 Å². The summed E-state index contributed by atoms with van der Waals surface area (Å²) >= 11 is 0. The van der Waals surface area contributed by atoms with E-state index in [1.54, 1.807) is 0 Å². The highest BCUT2D eigenvalue weighted by molar-refractivity contribution is 5.16. The first-order chi connectivity index (χ1) is 12.1. The van der Waals surface area contributed by atoms with Gasteiger partial charge in [-0.05, 0) is 56.9 Å². The summed E-state index contributed by atoms with van der Waals surface area (Å²) in [6, 6.07) is 8.94. The largest absolute Gasteiger partial charge is 0.377 e. The van der Waals surface area contributed by atoms with Gasteiger partial charge < -0.3 is 4.74 Å². The Morgan fingerprint density at radius 1 is 1.28 bits per heavy atom. The number of aryl methyl sites for hydroxylation is 3. The number of halogens is 1. The number of rotatable bonds is 8. The van der Waals surface area contributed by atoms with E-state index in [0.717, 1.165) is 63.3 Å². The lowest BCUT2D eigenvalue weighted by Gasteiger charge is -2.25. The van der Waals surface area contributed by atoms with Gasteiger partial charge in [0, 0.05) is 38.5 Å². The lowest BCUT2D eigenvalue weighted by molar-refractivity contribution is 0.0696. The van der Waals surface area contributed by atoms with Crippen molar-refractivity contribution >= 4 is 0 Å². The molecular formula is C20H28FN3O. The standard InChI is InChI=1S/C20H28FN3O/c1-16-13-17(2)24(22-16)11-4-10-23(15-20-5-3-12-25-20)14-18-6-8-19(21)9-7-18/h6-9,13,20H,3-5,10-12,14-15H2,1-2H3. The molecule has 2 aromatic rings. The van der Waals surface area contributed by atoms with Crippen molar-refractivity contribution in [3.63, 3.8) is 0 Å². The Bertz CT molecular complexity index is 662. The van der Waals surface area contributed by atoms with Gasteiger partial charge >= 0.3 is 0 Å². The van der Waals surface area contributed by atoms with Crippen LogP contribution in [0.15, 0.2) is 30.3 Å². The van der Waals surface area contributed by atoms with Crippen molar-refractivity contribution in [2.75, 3.05) is 19.7 Å². The molecule has 5 heteroatoms. The summed E-state index contributed by atoms with van der Waals surface area (Å²) in [6.07, 6.45) is 3.66. The van der Waals surface area contributed by atoms with Crippen LogP contribution in [-0.2, 0) is 17.8 Å². The van der Waals surface area contributed by atoms with Crippen LogP contribution in [0.25, 0.3) is 0 Å². The zero-order valence-electron chi connectivity index (χ0n) is 15.2. The Balaban J connectivity index is 1.57. The molecule has 1 fully saturated rings. The molecule has 4 nitrogen and oxygen atoms in total. The third-order valence-corrected chi connectivity index (χ3v) is 4.75. The Kier molecular flexibility index (Phi) is 6.21. The predicted octanol–water partition coefficient (Wildman–Crippen LogP) is 3.71. The van der Waals surface area contributed by atoms with E-state index in [2.05, 4.69) is 27.7 Å². The van der Waals surface area contributed by atoms with Crippen LogP contribution in [0.4, 0.5) is 4.39 Å². The smallest absolute Gasteiger partial charge is 0.123 e. The van der Waals surface area contributed by atoms with Crippen molar-refractivity contribution in [3.05, 3.63) is 53.1 Å². The van der Waals surface area contributed by atoms with Crippen LogP contribution in [0.5, 0.6) is 0 Å². The SMILES string of the molecule is Cc1cc(C)n(CCCN(Cc2ccc(F)cc2)CC2CCCO2)n1. The molecule has 1 atom stereocenters. The van der Waals surface area contributed by atoms with Crippen molar-refractivity contribution in [1.82, 2.24) is 14.7 Å². The lowest BCUT2D eigenvalue weighted by atomic mass is 10.1. The molecule has 0 bridgehead atoms. The number of hydrogen-bond acceptors (Lipinski definition) is 3. The quantitative estimate of drug-likeness (QED) is 0.731. The fourth-order valence-electron chi connectivity index (χ4n) is 3.50. The summed E-state index contributed by atoms with van der Waals surface area (Å²) in [7, 11) is 0. The van der Waals surface area contributed by atoms with Crippen LogP contribution in [0, 0.1) is 19.7 Å². The van der Waals surface area contributed by atoms with Crippen molar-refractivity contribution in [2.24, 2.45) is 0 Å². The number of nitrogens with zero attached hydrogens (tertiary/aromatic N) is 3. The van der Waals surface area contributed by atoms with Gasteiger partial charge in [0.15, 0.2) is 0 Å². The van der Waals surface area contributed by atoms with Gasteiger partial charge in [0.05, 0.1) is 11.8 Å². The van der Waals surface area contributed by atoms with Gasteiger partial charge in [0.25, 0.3) is 0 Å². The zero-order valence-corrected chi connectivity index (χ0v) is 15.2. The van der Waals surface area contributed by atoms with Crippen LogP contribution >= 0.6 is 0 Å². The minimum atomic E-state index is -0.182. The number of benzene rings is 1. The van der Waals surface area contributed by atoms with Crippen LogP contribution < -0.4 is 0 Å². The van der Waals surface area contributed by atoms with Gasteiger partial charge in [-0.3, -0.25) is 9.58 Å². The maximum Gasteiger partial charge on any atom is 0.123 e. The van der Waals surface area contributed by atoms with E-state index in [1.807, 2.05) is 19.1 Å². The number of hydrogen-bond donors (Lipinski definition) is 0. The molecule has 1 aliphatic heterocycles. The Hall–Kier alpha value is -1.72.